The van der Waals surface area contributed by atoms with E-state index in [1.807, 2.05) is 6.07 Å². The molecule has 1 aliphatic heterocycles. The second-order valence-electron chi connectivity index (χ2n) is 6.04. The molecule has 1 aromatic rings. The van der Waals surface area contributed by atoms with Crippen molar-refractivity contribution in [1.82, 2.24) is 0 Å². The lowest BCUT2D eigenvalue weighted by molar-refractivity contribution is -0.156. The maximum absolute atomic E-state index is 13.1. The molecule has 0 aromatic heterocycles. The number of rotatable bonds is 3. The van der Waals surface area contributed by atoms with Crippen LogP contribution in [0.15, 0.2) is 24.3 Å². The van der Waals surface area contributed by atoms with Crippen LogP contribution in [0.2, 0.25) is 0 Å². The van der Waals surface area contributed by atoms with Crippen molar-refractivity contribution in [2.75, 3.05) is 6.61 Å². The van der Waals surface area contributed by atoms with Crippen molar-refractivity contribution in [2.24, 2.45) is 5.92 Å². The lowest BCUT2D eigenvalue weighted by Gasteiger charge is -2.48. The zero-order valence-electron chi connectivity index (χ0n) is 11.1. The summed E-state index contributed by atoms with van der Waals surface area (Å²) in [6.07, 6.45) is 5.54. The molecule has 1 aromatic carbocycles. The molecule has 19 heavy (non-hydrogen) atoms. The van der Waals surface area contributed by atoms with Crippen LogP contribution in [0.3, 0.4) is 0 Å². The van der Waals surface area contributed by atoms with E-state index in [2.05, 4.69) is 0 Å². The topological polar surface area (TPSA) is 29.5 Å². The molecule has 2 fully saturated rings. The summed E-state index contributed by atoms with van der Waals surface area (Å²) in [6.45, 7) is 0.755. The van der Waals surface area contributed by atoms with Crippen LogP contribution in [0.5, 0.6) is 0 Å². The van der Waals surface area contributed by atoms with Gasteiger partial charge in [0.05, 0.1) is 11.7 Å². The highest BCUT2D eigenvalue weighted by atomic mass is 19.1. The summed E-state index contributed by atoms with van der Waals surface area (Å²) < 4.78 is 19.0. The molecule has 104 valence electrons. The SMILES string of the molecule is OC(Cc1cccc(F)c1)C1CCOC2(CCC2)C1. The Labute approximate surface area is 113 Å². The first kappa shape index (κ1) is 13.1. The quantitative estimate of drug-likeness (QED) is 0.909. The maximum Gasteiger partial charge on any atom is 0.123 e. The number of aliphatic hydroxyl groups excluding tert-OH is 1. The molecule has 0 bridgehead atoms. The average Bonchev–Trinajstić information content (AvgIpc) is 2.37. The van der Waals surface area contributed by atoms with Gasteiger partial charge in [-0.15, -0.1) is 0 Å². The third kappa shape index (κ3) is 2.82. The first-order valence-corrected chi connectivity index (χ1v) is 7.23. The summed E-state index contributed by atoms with van der Waals surface area (Å²) in [5, 5.41) is 10.4. The van der Waals surface area contributed by atoms with Gasteiger partial charge < -0.3 is 9.84 Å². The first-order chi connectivity index (χ1) is 9.17. The van der Waals surface area contributed by atoms with E-state index in [-0.39, 0.29) is 23.4 Å². The van der Waals surface area contributed by atoms with Crippen LogP contribution in [0, 0.1) is 11.7 Å². The van der Waals surface area contributed by atoms with Gasteiger partial charge in [0.1, 0.15) is 5.82 Å². The van der Waals surface area contributed by atoms with Gasteiger partial charge in [0, 0.05) is 6.61 Å². The van der Waals surface area contributed by atoms with E-state index in [9.17, 15) is 9.50 Å². The van der Waals surface area contributed by atoms with Gasteiger partial charge >= 0.3 is 0 Å². The predicted octanol–water partition coefficient (Wildman–Crippen LogP) is 3.08. The number of hydrogen-bond donors (Lipinski definition) is 1. The molecule has 1 spiro atoms. The fraction of sp³-hybridized carbons (Fsp3) is 0.625. The minimum Gasteiger partial charge on any atom is -0.392 e. The molecule has 0 amide bonds. The average molecular weight is 264 g/mol. The fourth-order valence-corrected chi connectivity index (χ4v) is 3.39. The molecule has 2 unspecified atom stereocenters. The van der Waals surface area contributed by atoms with E-state index in [1.54, 1.807) is 6.07 Å². The Morgan fingerprint density at radius 2 is 2.26 bits per heavy atom. The van der Waals surface area contributed by atoms with E-state index in [1.165, 1.54) is 18.6 Å². The summed E-state index contributed by atoms with van der Waals surface area (Å²) in [7, 11) is 0. The van der Waals surface area contributed by atoms with Crippen molar-refractivity contribution in [3.63, 3.8) is 0 Å². The van der Waals surface area contributed by atoms with Crippen LogP contribution in [0.4, 0.5) is 4.39 Å². The van der Waals surface area contributed by atoms with Gasteiger partial charge in [-0.1, -0.05) is 12.1 Å². The van der Waals surface area contributed by atoms with Crippen molar-refractivity contribution in [1.29, 1.82) is 0 Å². The minimum absolute atomic E-state index is 0.0613. The molecule has 1 N–H and O–H groups in total. The second kappa shape index (κ2) is 5.22. The number of aliphatic hydroxyl groups is 1. The smallest absolute Gasteiger partial charge is 0.123 e. The van der Waals surface area contributed by atoms with Crippen molar-refractivity contribution in [3.05, 3.63) is 35.6 Å². The van der Waals surface area contributed by atoms with Crippen LogP contribution >= 0.6 is 0 Å². The van der Waals surface area contributed by atoms with Gasteiger partial charge in [0.15, 0.2) is 0 Å². The second-order valence-corrected chi connectivity index (χ2v) is 6.04. The number of ether oxygens (including phenoxy) is 1. The largest absolute Gasteiger partial charge is 0.392 e. The predicted molar refractivity (Wildman–Crippen MR) is 71.4 cm³/mol. The van der Waals surface area contributed by atoms with Gasteiger partial charge in [-0.25, -0.2) is 4.39 Å². The van der Waals surface area contributed by atoms with E-state index in [0.29, 0.717) is 6.42 Å². The lowest BCUT2D eigenvalue weighted by atomic mass is 9.70. The molecule has 2 atom stereocenters. The van der Waals surface area contributed by atoms with Gasteiger partial charge in [-0.05, 0) is 62.1 Å². The molecule has 2 nitrogen and oxygen atoms in total. The molecule has 1 saturated carbocycles. The number of halogens is 1. The summed E-state index contributed by atoms with van der Waals surface area (Å²) in [5.41, 5.74) is 0.938. The summed E-state index contributed by atoms with van der Waals surface area (Å²) >= 11 is 0. The van der Waals surface area contributed by atoms with Crippen LogP contribution in [-0.2, 0) is 11.2 Å². The zero-order valence-corrected chi connectivity index (χ0v) is 11.1. The zero-order chi connectivity index (χ0) is 13.3. The van der Waals surface area contributed by atoms with Gasteiger partial charge in [-0.2, -0.15) is 0 Å². The molecule has 1 saturated heterocycles. The Bertz CT molecular complexity index is 442. The Morgan fingerprint density at radius 1 is 1.42 bits per heavy atom. The Hall–Kier alpha value is -0.930. The Kier molecular flexibility index (Phi) is 3.59. The van der Waals surface area contributed by atoms with Crippen LogP contribution < -0.4 is 0 Å². The lowest BCUT2D eigenvalue weighted by Crippen LogP contribution is -2.48. The van der Waals surface area contributed by atoms with Crippen molar-refractivity contribution >= 4 is 0 Å². The normalized spacial score (nSPS) is 26.9. The van der Waals surface area contributed by atoms with Crippen molar-refractivity contribution in [3.8, 4) is 0 Å². The third-order valence-corrected chi connectivity index (χ3v) is 4.67. The highest BCUT2D eigenvalue weighted by Crippen LogP contribution is 2.45. The molecule has 2 aliphatic rings. The van der Waals surface area contributed by atoms with E-state index < -0.39 is 0 Å². The molecule has 3 heteroatoms. The first-order valence-electron chi connectivity index (χ1n) is 7.23. The van der Waals surface area contributed by atoms with Crippen molar-refractivity contribution in [2.45, 2.75) is 50.2 Å². The monoisotopic (exact) mass is 264 g/mol. The van der Waals surface area contributed by atoms with Crippen LogP contribution in [0.25, 0.3) is 0 Å². The van der Waals surface area contributed by atoms with Gasteiger partial charge in [-0.3, -0.25) is 0 Å². The van der Waals surface area contributed by atoms with Gasteiger partial charge in [0.2, 0.25) is 0 Å². The van der Waals surface area contributed by atoms with Crippen molar-refractivity contribution < 1.29 is 14.2 Å². The number of benzene rings is 1. The highest BCUT2D eigenvalue weighted by molar-refractivity contribution is 5.17. The van der Waals surface area contributed by atoms with E-state index in [4.69, 9.17) is 4.74 Å². The summed E-state index contributed by atoms with van der Waals surface area (Å²) in [5.74, 6) is 0.0597. The summed E-state index contributed by atoms with van der Waals surface area (Å²) in [4.78, 5) is 0. The molecule has 3 rings (SSSR count). The fourth-order valence-electron chi connectivity index (χ4n) is 3.39. The number of hydrogen-bond acceptors (Lipinski definition) is 2. The summed E-state index contributed by atoms with van der Waals surface area (Å²) in [6, 6.07) is 6.54. The third-order valence-electron chi connectivity index (χ3n) is 4.67. The van der Waals surface area contributed by atoms with Crippen LogP contribution in [0.1, 0.15) is 37.7 Å². The molecule has 0 radical (unpaired) electrons. The maximum atomic E-state index is 13.1. The minimum atomic E-state index is -0.386. The Morgan fingerprint density at radius 3 is 2.95 bits per heavy atom. The molecular weight excluding hydrogens is 243 g/mol. The van der Waals surface area contributed by atoms with E-state index in [0.717, 1.165) is 37.9 Å². The van der Waals surface area contributed by atoms with Gasteiger partial charge in [0.25, 0.3) is 0 Å². The standard InChI is InChI=1S/C16H21FO2/c17-14-4-1-3-12(9-14)10-15(18)13-5-8-19-16(11-13)6-2-7-16/h1,3-4,9,13,15,18H,2,5-8,10-11H2. The Balaban J connectivity index is 1.62. The highest BCUT2D eigenvalue weighted by Gasteiger charge is 2.43. The molecule has 1 heterocycles. The molecule has 1 aliphatic carbocycles. The van der Waals surface area contributed by atoms with Crippen LogP contribution in [-0.4, -0.2) is 23.4 Å². The van der Waals surface area contributed by atoms with E-state index >= 15 is 0 Å². The molecular formula is C16H21FO2.